The molecule has 0 aliphatic heterocycles. The molecule has 0 bridgehead atoms. The Morgan fingerprint density at radius 3 is 0.925 bits per heavy atom. The quantitative estimate of drug-likeness (QED) is 0.0211. The zero-order valence-electron chi connectivity index (χ0n) is 54.1. The summed E-state index contributed by atoms with van der Waals surface area (Å²) in [5, 5.41) is 0. The number of allylic oxidation sites excluding steroid dienone is 4. The van der Waals surface area contributed by atoms with Crippen LogP contribution in [0, 0.1) is 0 Å². The maximum Gasteiger partial charge on any atom is 0.472 e. The van der Waals surface area contributed by atoms with Crippen molar-refractivity contribution in [2.24, 2.45) is 0 Å². The molecule has 80 heavy (non-hydrogen) atoms. The van der Waals surface area contributed by atoms with Gasteiger partial charge in [0, 0.05) is 12.8 Å². The molecule has 2 atom stereocenters. The van der Waals surface area contributed by atoms with Gasteiger partial charge in [0.15, 0.2) is 6.10 Å². The van der Waals surface area contributed by atoms with Crippen LogP contribution in [0.15, 0.2) is 24.3 Å². The normalized spacial score (nSPS) is 13.2. The number of hydrogen-bond donors (Lipinski definition) is 1. The van der Waals surface area contributed by atoms with Gasteiger partial charge in [0.2, 0.25) is 0 Å². The van der Waals surface area contributed by atoms with Crippen molar-refractivity contribution in [2.75, 3.05) is 47.5 Å². The number of phosphoric acid groups is 1. The SMILES string of the molecule is CCCCCCCC/C=C\CCCCCCCC(=O)OCC(COP(=O)(O)OCC[N+](C)(C)C)OC(=O)CCCCCCCCCCCCCCCCCCCCCCCCCCCCCCC/C=C\CCCCCCCCCC. The molecule has 9 nitrogen and oxygen atoms in total. The van der Waals surface area contributed by atoms with Crippen molar-refractivity contribution >= 4 is 19.8 Å². The van der Waals surface area contributed by atoms with E-state index in [1.54, 1.807) is 0 Å². The molecule has 0 spiro atoms. The van der Waals surface area contributed by atoms with Gasteiger partial charge in [0.05, 0.1) is 27.7 Å². The average Bonchev–Trinajstić information content (AvgIpc) is 3.42. The van der Waals surface area contributed by atoms with Crippen LogP contribution in [0.2, 0.25) is 0 Å². The lowest BCUT2D eigenvalue weighted by Gasteiger charge is -2.24. The van der Waals surface area contributed by atoms with Crippen LogP contribution in [-0.4, -0.2) is 74.9 Å². The second-order valence-corrected chi connectivity index (χ2v) is 26.7. The number of likely N-dealkylation sites (N-methyl/N-ethyl adjacent to an activating group) is 1. The van der Waals surface area contributed by atoms with E-state index in [4.69, 9.17) is 18.5 Å². The Kier molecular flexibility index (Phi) is 60.9. The topological polar surface area (TPSA) is 108 Å². The van der Waals surface area contributed by atoms with E-state index in [1.165, 1.54) is 276 Å². The fraction of sp³-hybridized carbons (Fsp3) is 0.914. The summed E-state index contributed by atoms with van der Waals surface area (Å²) >= 11 is 0. The molecule has 0 aromatic heterocycles. The number of phosphoric ester groups is 1. The Bertz CT molecular complexity index is 1400. The molecule has 0 aliphatic rings. The summed E-state index contributed by atoms with van der Waals surface area (Å²) in [6, 6.07) is 0. The van der Waals surface area contributed by atoms with Gasteiger partial charge in [0.1, 0.15) is 19.8 Å². The molecule has 0 rings (SSSR count). The molecule has 0 aliphatic carbocycles. The third kappa shape index (κ3) is 65.6. The van der Waals surface area contributed by atoms with Crippen LogP contribution in [-0.2, 0) is 32.7 Å². The molecule has 2 unspecified atom stereocenters. The molecular weight excluding hydrogens is 1010 g/mol. The molecule has 0 radical (unpaired) electrons. The summed E-state index contributed by atoms with van der Waals surface area (Å²) in [6.45, 7) is 4.47. The van der Waals surface area contributed by atoms with E-state index in [-0.39, 0.29) is 32.0 Å². The first kappa shape index (κ1) is 78.5. The highest BCUT2D eigenvalue weighted by Gasteiger charge is 2.27. The third-order valence-electron chi connectivity index (χ3n) is 16.0. The minimum absolute atomic E-state index is 0.0336. The number of esters is 2. The largest absolute Gasteiger partial charge is 0.472 e. The third-order valence-corrected chi connectivity index (χ3v) is 16.9. The standard InChI is InChI=1S/C70H136NO8P/c1-6-8-10-12-14-16-18-20-22-23-24-25-26-27-28-29-30-31-32-33-34-35-36-37-38-39-40-41-42-43-44-45-46-47-49-51-53-55-57-59-61-63-70(73)79-68(67-78-80(74,75)77-65-64-71(3,4)5)66-76-69(72)62-60-58-56-54-52-50-48-21-19-17-15-13-11-9-7-2/h21,23-24,48,68H,6-20,22,25-47,49-67H2,1-5H3/p+1/b24-23-,48-21-. The van der Waals surface area contributed by atoms with E-state index < -0.39 is 26.5 Å². The van der Waals surface area contributed by atoms with Crippen LogP contribution in [0.25, 0.3) is 0 Å². The number of quaternary nitrogens is 1. The van der Waals surface area contributed by atoms with Gasteiger partial charge in [0.25, 0.3) is 0 Å². The minimum atomic E-state index is -4.38. The van der Waals surface area contributed by atoms with Crippen LogP contribution in [0.5, 0.6) is 0 Å². The molecule has 0 fully saturated rings. The number of carbonyl (C=O) groups excluding carboxylic acids is 2. The highest BCUT2D eigenvalue weighted by atomic mass is 31.2. The molecule has 0 aromatic carbocycles. The first-order valence-electron chi connectivity index (χ1n) is 35.1. The summed E-state index contributed by atoms with van der Waals surface area (Å²) in [6.07, 6.45) is 77.5. The average molecular weight is 1150 g/mol. The molecule has 0 aromatic rings. The van der Waals surface area contributed by atoms with Gasteiger partial charge in [-0.2, -0.15) is 0 Å². The zero-order valence-corrected chi connectivity index (χ0v) is 55.0. The maximum atomic E-state index is 12.8. The van der Waals surface area contributed by atoms with Crippen molar-refractivity contribution in [3.63, 3.8) is 0 Å². The first-order chi connectivity index (χ1) is 39.0. The number of carbonyl (C=O) groups is 2. The number of ether oxygens (including phenoxy) is 2. The van der Waals surface area contributed by atoms with Crippen molar-refractivity contribution < 1.29 is 42.1 Å². The Morgan fingerprint density at radius 2 is 0.637 bits per heavy atom. The molecule has 0 saturated heterocycles. The predicted molar refractivity (Wildman–Crippen MR) is 344 cm³/mol. The Balaban J connectivity index is 3.83. The molecule has 0 saturated carbocycles. The number of hydrogen-bond acceptors (Lipinski definition) is 7. The van der Waals surface area contributed by atoms with Crippen molar-refractivity contribution in [2.45, 2.75) is 367 Å². The summed E-state index contributed by atoms with van der Waals surface area (Å²) in [5.41, 5.74) is 0. The maximum absolute atomic E-state index is 12.8. The summed E-state index contributed by atoms with van der Waals surface area (Å²) in [4.78, 5) is 35.7. The van der Waals surface area contributed by atoms with Crippen LogP contribution in [0.4, 0.5) is 0 Å². The van der Waals surface area contributed by atoms with Gasteiger partial charge >= 0.3 is 19.8 Å². The number of unbranched alkanes of at least 4 members (excludes halogenated alkanes) is 48. The number of rotatable bonds is 66. The van der Waals surface area contributed by atoms with E-state index in [9.17, 15) is 19.0 Å². The van der Waals surface area contributed by atoms with Crippen molar-refractivity contribution in [1.29, 1.82) is 0 Å². The van der Waals surface area contributed by atoms with Crippen LogP contribution in [0.1, 0.15) is 361 Å². The van der Waals surface area contributed by atoms with E-state index in [0.717, 1.165) is 51.4 Å². The second-order valence-electron chi connectivity index (χ2n) is 25.3. The van der Waals surface area contributed by atoms with Crippen LogP contribution < -0.4 is 0 Å². The highest BCUT2D eigenvalue weighted by molar-refractivity contribution is 7.47. The molecule has 0 heterocycles. The Hall–Kier alpha value is -1.51. The van der Waals surface area contributed by atoms with E-state index >= 15 is 0 Å². The lowest BCUT2D eigenvalue weighted by molar-refractivity contribution is -0.870. The van der Waals surface area contributed by atoms with Gasteiger partial charge in [-0.3, -0.25) is 18.6 Å². The smallest absolute Gasteiger partial charge is 0.462 e. The monoisotopic (exact) mass is 1150 g/mol. The van der Waals surface area contributed by atoms with Crippen LogP contribution >= 0.6 is 7.82 Å². The van der Waals surface area contributed by atoms with Crippen molar-refractivity contribution in [3.8, 4) is 0 Å². The molecule has 474 valence electrons. The van der Waals surface area contributed by atoms with E-state index in [2.05, 4.69) is 38.2 Å². The first-order valence-corrected chi connectivity index (χ1v) is 36.6. The zero-order chi connectivity index (χ0) is 58.4. The van der Waals surface area contributed by atoms with Crippen LogP contribution in [0.3, 0.4) is 0 Å². The van der Waals surface area contributed by atoms with E-state index in [0.29, 0.717) is 17.4 Å². The van der Waals surface area contributed by atoms with Gasteiger partial charge in [-0.1, -0.05) is 308 Å². The van der Waals surface area contributed by atoms with Gasteiger partial charge in [-0.15, -0.1) is 0 Å². The molecule has 1 N–H and O–H groups in total. The Morgan fingerprint density at radius 1 is 0.375 bits per heavy atom. The van der Waals surface area contributed by atoms with Crippen molar-refractivity contribution in [1.82, 2.24) is 0 Å². The lowest BCUT2D eigenvalue weighted by atomic mass is 10.0. The van der Waals surface area contributed by atoms with Gasteiger partial charge in [-0.05, 0) is 64.2 Å². The molecular formula is C70H137NO8P+. The lowest BCUT2D eigenvalue weighted by Crippen LogP contribution is -2.37. The van der Waals surface area contributed by atoms with Gasteiger partial charge in [-0.25, -0.2) is 4.57 Å². The fourth-order valence-electron chi connectivity index (χ4n) is 10.5. The van der Waals surface area contributed by atoms with Crippen molar-refractivity contribution in [3.05, 3.63) is 24.3 Å². The number of nitrogens with zero attached hydrogens (tertiary/aromatic N) is 1. The Labute approximate surface area is 498 Å². The second kappa shape index (κ2) is 62.0. The van der Waals surface area contributed by atoms with Gasteiger partial charge < -0.3 is 18.9 Å². The van der Waals surface area contributed by atoms with E-state index in [1.807, 2.05) is 21.1 Å². The summed E-state index contributed by atoms with van der Waals surface area (Å²) < 4.78 is 34.6. The molecule has 10 heteroatoms. The molecule has 0 amide bonds. The predicted octanol–water partition coefficient (Wildman–Crippen LogP) is 22.5. The minimum Gasteiger partial charge on any atom is -0.462 e. The summed E-state index contributed by atoms with van der Waals surface area (Å²) in [5.74, 6) is -0.789. The highest BCUT2D eigenvalue weighted by Crippen LogP contribution is 2.43. The summed E-state index contributed by atoms with van der Waals surface area (Å²) in [7, 11) is 1.49. The fourth-order valence-corrected chi connectivity index (χ4v) is 11.3.